The van der Waals surface area contributed by atoms with Crippen molar-refractivity contribution < 1.29 is 17.9 Å². The molecule has 0 aliphatic carbocycles. The second-order valence-electron chi connectivity index (χ2n) is 4.32. The summed E-state index contributed by atoms with van der Waals surface area (Å²) in [6, 6.07) is 5.66. The zero-order valence-corrected chi connectivity index (χ0v) is 9.47. The SMILES string of the molecule is COC1(Cc2ccccc2C(F)(F)F)CNC1. The minimum Gasteiger partial charge on any atom is -0.375 e. The molecule has 17 heavy (non-hydrogen) atoms. The lowest BCUT2D eigenvalue weighted by molar-refractivity contribution is -0.139. The smallest absolute Gasteiger partial charge is 0.375 e. The number of hydrogen-bond donors (Lipinski definition) is 1. The van der Waals surface area contributed by atoms with Gasteiger partial charge in [0.15, 0.2) is 0 Å². The van der Waals surface area contributed by atoms with E-state index in [1.54, 1.807) is 6.07 Å². The highest BCUT2D eigenvalue weighted by atomic mass is 19.4. The van der Waals surface area contributed by atoms with E-state index in [9.17, 15) is 13.2 Å². The number of benzene rings is 1. The molecule has 2 nitrogen and oxygen atoms in total. The predicted molar refractivity (Wildman–Crippen MR) is 57.8 cm³/mol. The third kappa shape index (κ3) is 2.45. The second-order valence-corrected chi connectivity index (χ2v) is 4.32. The molecule has 0 aromatic heterocycles. The summed E-state index contributed by atoms with van der Waals surface area (Å²) >= 11 is 0. The normalized spacial score (nSPS) is 18.8. The molecule has 0 unspecified atom stereocenters. The first-order valence-corrected chi connectivity index (χ1v) is 5.38. The fourth-order valence-corrected chi connectivity index (χ4v) is 2.04. The Morgan fingerprint density at radius 1 is 1.29 bits per heavy atom. The van der Waals surface area contributed by atoms with Crippen LogP contribution in [0.5, 0.6) is 0 Å². The molecule has 1 heterocycles. The van der Waals surface area contributed by atoms with E-state index in [4.69, 9.17) is 4.74 Å². The maximum atomic E-state index is 12.8. The molecule has 0 saturated carbocycles. The van der Waals surface area contributed by atoms with Crippen molar-refractivity contribution in [3.8, 4) is 0 Å². The van der Waals surface area contributed by atoms with Gasteiger partial charge in [-0.2, -0.15) is 13.2 Å². The average molecular weight is 245 g/mol. The molecule has 2 rings (SSSR count). The molecule has 5 heteroatoms. The molecule has 1 aliphatic heterocycles. The summed E-state index contributed by atoms with van der Waals surface area (Å²) in [6.45, 7) is 1.19. The lowest BCUT2D eigenvalue weighted by atomic mass is 9.87. The van der Waals surface area contributed by atoms with Crippen LogP contribution in [0.15, 0.2) is 24.3 Å². The molecule has 1 aromatic carbocycles. The van der Waals surface area contributed by atoms with Gasteiger partial charge in [0, 0.05) is 26.6 Å². The van der Waals surface area contributed by atoms with E-state index < -0.39 is 17.3 Å². The number of nitrogens with one attached hydrogen (secondary N) is 1. The number of rotatable bonds is 3. The summed E-state index contributed by atoms with van der Waals surface area (Å²) in [5.41, 5.74) is -0.756. The van der Waals surface area contributed by atoms with Gasteiger partial charge < -0.3 is 10.1 Å². The van der Waals surface area contributed by atoms with Crippen molar-refractivity contribution in [1.29, 1.82) is 0 Å². The first kappa shape index (κ1) is 12.4. The Morgan fingerprint density at radius 3 is 2.41 bits per heavy atom. The van der Waals surface area contributed by atoms with Crippen LogP contribution in [0.2, 0.25) is 0 Å². The van der Waals surface area contributed by atoms with Crippen molar-refractivity contribution in [1.82, 2.24) is 5.32 Å². The first-order valence-electron chi connectivity index (χ1n) is 5.38. The highest BCUT2D eigenvalue weighted by Gasteiger charge is 2.40. The van der Waals surface area contributed by atoms with Gasteiger partial charge in [-0.05, 0) is 11.6 Å². The molecule has 0 spiro atoms. The van der Waals surface area contributed by atoms with E-state index in [0.29, 0.717) is 18.7 Å². The van der Waals surface area contributed by atoms with Gasteiger partial charge in [-0.25, -0.2) is 0 Å². The van der Waals surface area contributed by atoms with Gasteiger partial charge in [0.2, 0.25) is 0 Å². The number of ether oxygens (including phenoxy) is 1. The Labute approximate surface area is 97.8 Å². The third-order valence-electron chi connectivity index (χ3n) is 3.16. The minimum atomic E-state index is -4.30. The zero-order chi connectivity index (χ0) is 12.5. The minimum absolute atomic E-state index is 0.284. The number of halogens is 3. The van der Waals surface area contributed by atoms with Crippen molar-refractivity contribution in [3.05, 3.63) is 35.4 Å². The second kappa shape index (κ2) is 4.31. The van der Waals surface area contributed by atoms with E-state index in [1.165, 1.54) is 19.2 Å². The van der Waals surface area contributed by atoms with Crippen molar-refractivity contribution in [2.75, 3.05) is 20.2 Å². The summed E-state index contributed by atoms with van der Waals surface area (Å²) in [4.78, 5) is 0. The van der Waals surface area contributed by atoms with Crippen LogP contribution in [-0.4, -0.2) is 25.8 Å². The molecule has 1 N–H and O–H groups in total. The summed E-state index contributed by atoms with van der Waals surface area (Å²) in [6.07, 6.45) is -4.02. The highest BCUT2D eigenvalue weighted by molar-refractivity contribution is 5.31. The predicted octanol–water partition coefficient (Wildman–Crippen LogP) is 2.24. The molecule has 1 aliphatic rings. The van der Waals surface area contributed by atoms with Crippen molar-refractivity contribution in [3.63, 3.8) is 0 Å². The van der Waals surface area contributed by atoms with Crippen LogP contribution in [0.1, 0.15) is 11.1 Å². The monoisotopic (exact) mass is 245 g/mol. The lowest BCUT2D eigenvalue weighted by Gasteiger charge is -2.41. The standard InChI is InChI=1S/C12H14F3NO/c1-17-11(7-16-8-11)6-9-4-2-3-5-10(9)12(13,14)15/h2-5,16H,6-8H2,1H3. The Balaban J connectivity index is 2.27. The largest absolute Gasteiger partial charge is 0.416 e. The van der Waals surface area contributed by atoms with Crippen LogP contribution in [0.25, 0.3) is 0 Å². The topological polar surface area (TPSA) is 21.3 Å². The van der Waals surface area contributed by atoms with Gasteiger partial charge in [0.05, 0.1) is 11.2 Å². The fraction of sp³-hybridized carbons (Fsp3) is 0.500. The van der Waals surface area contributed by atoms with Gasteiger partial charge in [0.1, 0.15) is 0 Å². The molecule has 0 radical (unpaired) electrons. The van der Waals surface area contributed by atoms with Crippen molar-refractivity contribution in [2.24, 2.45) is 0 Å². The van der Waals surface area contributed by atoms with Crippen LogP contribution in [0.4, 0.5) is 13.2 Å². The van der Waals surface area contributed by atoms with Gasteiger partial charge in [-0.15, -0.1) is 0 Å². The highest BCUT2D eigenvalue weighted by Crippen LogP contribution is 2.34. The lowest BCUT2D eigenvalue weighted by Crippen LogP contribution is -2.62. The quantitative estimate of drug-likeness (QED) is 0.881. The molecule has 1 fully saturated rings. The van der Waals surface area contributed by atoms with E-state index >= 15 is 0 Å². The summed E-state index contributed by atoms with van der Waals surface area (Å²) in [7, 11) is 1.54. The van der Waals surface area contributed by atoms with Crippen molar-refractivity contribution >= 4 is 0 Å². The van der Waals surface area contributed by atoms with Crippen LogP contribution in [-0.2, 0) is 17.3 Å². The van der Waals surface area contributed by atoms with Gasteiger partial charge >= 0.3 is 6.18 Å². The molecule has 1 saturated heterocycles. The number of alkyl halides is 3. The number of methoxy groups -OCH3 is 1. The molecule has 0 bridgehead atoms. The van der Waals surface area contributed by atoms with Crippen LogP contribution < -0.4 is 5.32 Å². The van der Waals surface area contributed by atoms with E-state index in [0.717, 1.165) is 6.07 Å². The molecule has 0 amide bonds. The van der Waals surface area contributed by atoms with Crippen molar-refractivity contribution in [2.45, 2.75) is 18.2 Å². The average Bonchev–Trinajstić information content (AvgIpc) is 2.23. The van der Waals surface area contributed by atoms with Crippen LogP contribution in [0, 0.1) is 0 Å². The number of hydrogen-bond acceptors (Lipinski definition) is 2. The van der Waals surface area contributed by atoms with Gasteiger partial charge in [-0.1, -0.05) is 18.2 Å². The van der Waals surface area contributed by atoms with E-state index in [1.807, 2.05) is 0 Å². The fourth-order valence-electron chi connectivity index (χ4n) is 2.04. The van der Waals surface area contributed by atoms with Gasteiger partial charge in [-0.3, -0.25) is 0 Å². The molecular formula is C12H14F3NO. The zero-order valence-electron chi connectivity index (χ0n) is 9.47. The summed E-state index contributed by atoms with van der Waals surface area (Å²) in [5, 5.41) is 3.03. The molecule has 94 valence electrons. The molecular weight excluding hydrogens is 231 g/mol. The Bertz CT molecular complexity index is 393. The van der Waals surface area contributed by atoms with E-state index in [2.05, 4.69) is 5.32 Å². The third-order valence-corrected chi connectivity index (χ3v) is 3.16. The maximum Gasteiger partial charge on any atom is 0.416 e. The Morgan fingerprint density at radius 2 is 1.94 bits per heavy atom. The molecule has 0 atom stereocenters. The Hall–Kier alpha value is -1.07. The first-order chi connectivity index (χ1) is 7.97. The van der Waals surface area contributed by atoms with Crippen LogP contribution in [0.3, 0.4) is 0 Å². The van der Waals surface area contributed by atoms with E-state index in [-0.39, 0.29) is 6.42 Å². The summed E-state index contributed by atoms with van der Waals surface area (Å²) < 4.78 is 43.7. The summed E-state index contributed by atoms with van der Waals surface area (Å²) in [5.74, 6) is 0. The molecule has 1 aromatic rings. The Kier molecular flexibility index (Phi) is 3.14. The maximum absolute atomic E-state index is 12.8. The van der Waals surface area contributed by atoms with Crippen LogP contribution >= 0.6 is 0 Å². The van der Waals surface area contributed by atoms with Gasteiger partial charge in [0.25, 0.3) is 0 Å².